The Morgan fingerprint density at radius 1 is 1.26 bits per heavy atom. The molecular formula is C23H21ClFN3O2S. The summed E-state index contributed by atoms with van der Waals surface area (Å²) in [6.07, 6.45) is 0.651. The van der Waals surface area contributed by atoms with Gasteiger partial charge in [-0.15, -0.1) is 0 Å². The minimum absolute atomic E-state index is 0.341. The van der Waals surface area contributed by atoms with E-state index in [-0.39, 0.29) is 11.7 Å². The summed E-state index contributed by atoms with van der Waals surface area (Å²) in [5.41, 5.74) is 7.19. The first-order valence-electron chi connectivity index (χ1n) is 9.71. The third-order valence-corrected chi connectivity index (χ3v) is 6.34. The summed E-state index contributed by atoms with van der Waals surface area (Å²) in [5, 5.41) is 3.89. The molecule has 0 saturated heterocycles. The van der Waals surface area contributed by atoms with Gasteiger partial charge in [-0.2, -0.15) is 0 Å². The fourth-order valence-electron chi connectivity index (χ4n) is 3.56. The highest BCUT2D eigenvalue weighted by molar-refractivity contribution is 8.13. The Hall–Kier alpha value is -2.77. The lowest BCUT2D eigenvalue weighted by Gasteiger charge is -2.30. The van der Waals surface area contributed by atoms with Crippen molar-refractivity contribution in [3.63, 3.8) is 0 Å². The molecule has 0 saturated carbocycles. The van der Waals surface area contributed by atoms with Crippen LogP contribution in [0.4, 0.5) is 10.1 Å². The van der Waals surface area contributed by atoms with Crippen LogP contribution in [0.15, 0.2) is 57.9 Å². The minimum atomic E-state index is -0.770. The van der Waals surface area contributed by atoms with E-state index in [0.717, 1.165) is 11.3 Å². The average Bonchev–Trinajstić information content (AvgIpc) is 3.11. The second-order valence-corrected chi connectivity index (χ2v) is 9.11. The molecule has 1 amide bonds. The maximum Gasteiger partial charge on any atom is 0.259 e. The molecule has 0 aliphatic carbocycles. The molecular weight excluding hydrogens is 437 g/mol. The summed E-state index contributed by atoms with van der Waals surface area (Å²) in [6, 6.07) is 13.3. The SMILES string of the molecule is Cc1oc(-c2ccc(Cl)cc2)cc1C(=O)Nc1ccc(F)c(C2(C)CCSC(N)=N2)c1. The third kappa shape index (κ3) is 4.48. The predicted molar refractivity (Wildman–Crippen MR) is 124 cm³/mol. The number of furan rings is 1. The van der Waals surface area contributed by atoms with E-state index < -0.39 is 5.54 Å². The van der Waals surface area contributed by atoms with E-state index in [1.165, 1.54) is 23.9 Å². The number of nitrogens with zero attached hydrogens (tertiary/aromatic N) is 1. The van der Waals surface area contributed by atoms with Gasteiger partial charge in [-0.05, 0) is 68.8 Å². The van der Waals surface area contributed by atoms with E-state index in [0.29, 0.717) is 44.9 Å². The van der Waals surface area contributed by atoms with Crippen molar-refractivity contribution in [2.45, 2.75) is 25.8 Å². The second-order valence-electron chi connectivity index (χ2n) is 7.56. The first-order chi connectivity index (χ1) is 14.7. The van der Waals surface area contributed by atoms with Gasteiger partial charge < -0.3 is 15.5 Å². The third-order valence-electron chi connectivity index (χ3n) is 5.29. The van der Waals surface area contributed by atoms with Gasteiger partial charge in [0, 0.05) is 27.6 Å². The van der Waals surface area contributed by atoms with Crippen LogP contribution in [0.1, 0.15) is 35.0 Å². The molecule has 3 N–H and O–H groups in total. The number of anilines is 1. The number of thioether (sulfide) groups is 1. The number of nitrogens with two attached hydrogens (primary N) is 1. The van der Waals surface area contributed by atoms with Gasteiger partial charge in [0.2, 0.25) is 0 Å². The lowest BCUT2D eigenvalue weighted by atomic mass is 9.89. The second kappa shape index (κ2) is 8.40. The lowest BCUT2D eigenvalue weighted by molar-refractivity contribution is 0.102. The Balaban J connectivity index is 1.60. The zero-order valence-corrected chi connectivity index (χ0v) is 18.6. The Kier molecular flexibility index (Phi) is 5.81. The van der Waals surface area contributed by atoms with Crippen LogP contribution in [-0.2, 0) is 5.54 Å². The lowest BCUT2D eigenvalue weighted by Crippen LogP contribution is -2.29. The van der Waals surface area contributed by atoms with Crippen molar-refractivity contribution in [3.05, 3.63) is 76.3 Å². The van der Waals surface area contributed by atoms with Crippen molar-refractivity contribution < 1.29 is 13.6 Å². The number of benzene rings is 2. The van der Waals surface area contributed by atoms with Crippen LogP contribution < -0.4 is 11.1 Å². The molecule has 1 unspecified atom stereocenters. The fraction of sp³-hybridized carbons (Fsp3) is 0.217. The molecule has 1 aromatic heterocycles. The van der Waals surface area contributed by atoms with Gasteiger partial charge >= 0.3 is 0 Å². The number of hydrogen-bond donors (Lipinski definition) is 2. The van der Waals surface area contributed by atoms with Crippen molar-refractivity contribution in [1.29, 1.82) is 0 Å². The summed E-state index contributed by atoms with van der Waals surface area (Å²) >= 11 is 7.39. The highest BCUT2D eigenvalue weighted by Gasteiger charge is 2.32. The van der Waals surface area contributed by atoms with Crippen LogP contribution >= 0.6 is 23.4 Å². The van der Waals surface area contributed by atoms with Gasteiger partial charge in [0.1, 0.15) is 17.3 Å². The highest BCUT2D eigenvalue weighted by atomic mass is 35.5. The predicted octanol–water partition coefficient (Wildman–Crippen LogP) is 5.97. The smallest absolute Gasteiger partial charge is 0.259 e. The van der Waals surface area contributed by atoms with Gasteiger partial charge in [-0.3, -0.25) is 9.79 Å². The molecule has 0 spiro atoms. The Bertz CT molecular complexity index is 1180. The zero-order valence-electron chi connectivity index (χ0n) is 17.0. The van der Waals surface area contributed by atoms with Crippen molar-refractivity contribution in [1.82, 2.24) is 0 Å². The Labute approximate surface area is 188 Å². The molecule has 1 atom stereocenters. The van der Waals surface area contributed by atoms with Crippen LogP contribution in [0, 0.1) is 12.7 Å². The van der Waals surface area contributed by atoms with E-state index in [2.05, 4.69) is 10.3 Å². The topological polar surface area (TPSA) is 80.6 Å². The number of aryl methyl sites for hydroxylation is 1. The maximum absolute atomic E-state index is 14.6. The van der Waals surface area contributed by atoms with E-state index in [1.54, 1.807) is 31.2 Å². The molecule has 1 aliphatic rings. The first-order valence-corrected chi connectivity index (χ1v) is 11.1. The molecule has 0 bridgehead atoms. The van der Waals surface area contributed by atoms with Gasteiger partial charge in [0.05, 0.1) is 11.1 Å². The summed E-state index contributed by atoms with van der Waals surface area (Å²) < 4.78 is 20.4. The van der Waals surface area contributed by atoms with E-state index in [9.17, 15) is 9.18 Å². The summed E-state index contributed by atoms with van der Waals surface area (Å²) in [7, 11) is 0. The molecule has 3 aromatic rings. The fourth-order valence-corrected chi connectivity index (χ4v) is 4.66. The van der Waals surface area contributed by atoms with Gasteiger partial charge in [0.25, 0.3) is 5.91 Å². The molecule has 4 rings (SSSR count). The number of rotatable bonds is 4. The molecule has 5 nitrogen and oxygen atoms in total. The number of carbonyl (C=O) groups is 1. The summed E-state index contributed by atoms with van der Waals surface area (Å²) in [6.45, 7) is 3.57. The average molecular weight is 458 g/mol. The monoisotopic (exact) mass is 457 g/mol. The largest absolute Gasteiger partial charge is 0.461 e. The number of nitrogens with one attached hydrogen (secondary N) is 1. The molecule has 31 heavy (non-hydrogen) atoms. The van der Waals surface area contributed by atoms with Crippen LogP contribution in [0.5, 0.6) is 0 Å². The standard InChI is InChI=1S/C23H21ClFN3O2S/c1-13-17(12-20(30-13)14-3-5-15(24)6-4-14)21(29)27-16-7-8-19(25)18(11-16)23(2)9-10-31-22(26)28-23/h3-8,11-12H,9-10H2,1-2H3,(H2,26,28)(H,27,29). The molecule has 1 aliphatic heterocycles. The van der Waals surface area contributed by atoms with Crippen molar-refractivity contribution in [2.24, 2.45) is 10.7 Å². The van der Waals surface area contributed by atoms with E-state index >= 15 is 0 Å². The van der Waals surface area contributed by atoms with Crippen molar-refractivity contribution >= 4 is 40.1 Å². The van der Waals surface area contributed by atoms with Crippen LogP contribution in [0.3, 0.4) is 0 Å². The Morgan fingerprint density at radius 3 is 2.71 bits per heavy atom. The number of amides is 1. The number of aliphatic imine (C=N–C) groups is 1. The van der Waals surface area contributed by atoms with E-state index in [1.807, 2.05) is 19.1 Å². The molecule has 8 heteroatoms. The maximum atomic E-state index is 14.6. The molecule has 2 aromatic carbocycles. The number of amidine groups is 1. The van der Waals surface area contributed by atoms with Gasteiger partial charge in [-0.1, -0.05) is 23.4 Å². The normalized spacial score (nSPS) is 18.5. The number of halogens is 2. The number of carbonyl (C=O) groups excluding carboxylic acids is 1. The van der Waals surface area contributed by atoms with Crippen LogP contribution in [-0.4, -0.2) is 16.8 Å². The summed E-state index contributed by atoms with van der Waals surface area (Å²) in [5.74, 6) is 1.08. The Morgan fingerprint density at radius 2 is 2.00 bits per heavy atom. The molecule has 0 fully saturated rings. The number of hydrogen-bond acceptors (Lipinski definition) is 5. The highest BCUT2D eigenvalue weighted by Crippen LogP contribution is 2.37. The van der Waals surface area contributed by atoms with Crippen molar-refractivity contribution in [2.75, 3.05) is 11.1 Å². The van der Waals surface area contributed by atoms with E-state index in [4.69, 9.17) is 21.8 Å². The minimum Gasteiger partial charge on any atom is -0.461 e. The molecule has 0 radical (unpaired) electrons. The summed E-state index contributed by atoms with van der Waals surface area (Å²) in [4.78, 5) is 17.4. The van der Waals surface area contributed by atoms with Crippen molar-refractivity contribution in [3.8, 4) is 11.3 Å². The quantitative estimate of drug-likeness (QED) is 0.506. The van der Waals surface area contributed by atoms with Gasteiger partial charge in [0.15, 0.2) is 5.17 Å². The van der Waals surface area contributed by atoms with Crippen LogP contribution in [0.25, 0.3) is 11.3 Å². The molecule has 160 valence electrons. The van der Waals surface area contributed by atoms with Gasteiger partial charge in [-0.25, -0.2) is 4.39 Å². The van der Waals surface area contributed by atoms with Crippen LogP contribution in [0.2, 0.25) is 5.02 Å². The first kappa shape index (κ1) is 21.5. The molecule has 2 heterocycles. The zero-order chi connectivity index (χ0) is 22.2.